The molecule has 0 N–H and O–H groups in total. The van der Waals surface area contributed by atoms with Gasteiger partial charge in [-0.1, -0.05) is 11.8 Å². The van der Waals surface area contributed by atoms with Crippen LogP contribution in [0.1, 0.15) is 18.9 Å². The zero-order chi connectivity index (χ0) is 13.7. The van der Waals surface area contributed by atoms with Crippen molar-refractivity contribution in [2.75, 3.05) is 18.8 Å². The molecule has 0 radical (unpaired) electrons. The molecule has 102 valence electrons. The summed E-state index contributed by atoms with van der Waals surface area (Å²) < 4.78 is 0. The summed E-state index contributed by atoms with van der Waals surface area (Å²) in [6.07, 6.45) is 4.98. The first-order valence-electron chi connectivity index (χ1n) is 6.45. The minimum absolute atomic E-state index is 0.127. The lowest BCUT2D eigenvalue weighted by Crippen LogP contribution is -2.27. The molecule has 0 aromatic carbocycles. The number of hydrogen-bond donors (Lipinski definition) is 0. The SMILES string of the molecule is CC(=O)SCC1CC(=O)N(CCc2ccncc2)C1. The van der Waals surface area contributed by atoms with E-state index in [0.717, 1.165) is 25.3 Å². The third kappa shape index (κ3) is 4.35. The van der Waals surface area contributed by atoms with Crippen LogP contribution >= 0.6 is 11.8 Å². The predicted molar refractivity (Wildman–Crippen MR) is 75.8 cm³/mol. The van der Waals surface area contributed by atoms with Gasteiger partial charge in [0.2, 0.25) is 5.91 Å². The van der Waals surface area contributed by atoms with E-state index in [1.54, 1.807) is 19.3 Å². The summed E-state index contributed by atoms with van der Waals surface area (Å²) in [5, 5.41) is 0.127. The van der Waals surface area contributed by atoms with Gasteiger partial charge in [0.1, 0.15) is 0 Å². The van der Waals surface area contributed by atoms with Gasteiger partial charge >= 0.3 is 0 Å². The van der Waals surface area contributed by atoms with E-state index >= 15 is 0 Å². The van der Waals surface area contributed by atoms with Crippen molar-refractivity contribution in [2.24, 2.45) is 5.92 Å². The zero-order valence-electron chi connectivity index (χ0n) is 11.0. The molecule has 1 unspecified atom stereocenters. The summed E-state index contributed by atoms with van der Waals surface area (Å²) in [6.45, 7) is 3.11. The Hall–Kier alpha value is -1.36. The Labute approximate surface area is 117 Å². The van der Waals surface area contributed by atoms with Crippen LogP contribution in [0.25, 0.3) is 0 Å². The molecule has 0 spiro atoms. The van der Waals surface area contributed by atoms with Gasteiger partial charge in [0.25, 0.3) is 0 Å². The van der Waals surface area contributed by atoms with Crippen LogP contribution in [-0.4, -0.2) is 39.7 Å². The first kappa shape index (κ1) is 14.1. The Morgan fingerprint density at radius 3 is 2.89 bits per heavy atom. The largest absolute Gasteiger partial charge is 0.342 e. The van der Waals surface area contributed by atoms with Gasteiger partial charge in [-0.3, -0.25) is 14.6 Å². The van der Waals surface area contributed by atoms with E-state index in [1.165, 1.54) is 17.3 Å². The number of amides is 1. The van der Waals surface area contributed by atoms with E-state index < -0.39 is 0 Å². The Morgan fingerprint density at radius 1 is 1.47 bits per heavy atom. The topological polar surface area (TPSA) is 50.3 Å². The third-order valence-corrected chi connectivity index (χ3v) is 4.28. The monoisotopic (exact) mass is 278 g/mol. The fourth-order valence-corrected chi connectivity index (χ4v) is 2.92. The summed E-state index contributed by atoms with van der Waals surface area (Å²) >= 11 is 1.32. The number of carbonyl (C=O) groups is 2. The quantitative estimate of drug-likeness (QED) is 0.823. The highest BCUT2D eigenvalue weighted by atomic mass is 32.2. The molecule has 2 rings (SSSR count). The van der Waals surface area contributed by atoms with E-state index in [1.807, 2.05) is 17.0 Å². The molecule has 1 aliphatic heterocycles. The number of aromatic nitrogens is 1. The summed E-state index contributed by atoms with van der Waals surface area (Å²) in [4.78, 5) is 28.7. The van der Waals surface area contributed by atoms with Gasteiger partial charge in [-0.25, -0.2) is 0 Å². The van der Waals surface area contributed by atoms with Crippen LogP contribution in [0.4, 0.5) is 0 Å². The molecule has 1 aliphatic rings. The highest BCUT2D eigenvalue weighted by Gasteiger charge is 2.29. The molecule has 19 heavy (non-hydrogen) atoms. The lowest BCUT2D eigenvalue weighted by molar-refractivity contribution is -0.127. The molecule has 5 heteroatoms. The maximum Gasteiger partial charge on any atom is 0.222 e. The number of likely N-dealkylation sites (tertiary alicyclic amines) is 1. The minimum atomic E-state index is 0.127. The molecule has 0 aliphatic carbocycles. The Morgan fingerprint density at radius 2 is 2.21 bits per heavy atom. The van der Waals surface area contributed by atoms with Crippen molar-refractivity contribution in [3.8, 4) is 0 Å². The maximum absolute atomic E-state index is 11.9. The van der Waals surface area contributed by atoms with Crippen LogP contribution in [0.2, 0.25) is 0 Å². The van der Waals surface area contributed by atoms with Crippen molar-refractivity contribution in [1.82, 2.24) is 9.88 Å². The number of carbonyl (C=O) groups excluding carboxylic acids is 2. The molecule has 4 nitrogen and oxygen atoms in total. The van der Waals surface area contributed by atoms with Crippen LogP contribution in [0, 0.1) is 5.92 Å². The summed E-state index contributed by atoms with van der Waals surface area (Å²) in [5.74, 6) is 1.29. The van der Waals surface area contributed by atoms with Crippen molar-refractivity contribution in [3.05, 3.63) is 30.1 Å². The second kappa shape index (κ2) is 6.70. The van der Waals surface area contributed by atoms with Crippen LogP contribution in [-0.2, 0) is 16.0 Å². The number of pyridine rings is 1. The first-order chi connectivity index (χ1) is 9.15. The van der Waals surface area contributed by atoms with E-state index in [9.17, 15) is 9.59 Å². The van der Waals surface area contributed by atoms with Crippen LogP contribution < -0.4 is 0 Å². The number of thioether (sulfide) groups is 1. The molecule has 1 aromatic rings. The minimum Gasteiger partial charge on any atom is -0.342 e. The second-order valence-electron chi connectivity index (χ2n) is 4.82. The highest BCUT2D eigenvalue weighted by molar-refractivity contribution is 8.13. The molecule has 0 saturated carbocycles. The summed E-state index contributed by atoms with van der Waals surface area (Å²) in [6, 6.07) is 3.95. The van der Waals surface area contributed by atoms with E-state index in [2.05, 4.69) is 4.98 Å². The van der Waals surface area contributed by atoms with Crippen LogP contribution in [0.5, 0.6) is 0 Å². The second-order valence-corrected chi connectivity index (χ2v) is 6.01. The fourth-order valence-electron chi connectivity index (χ4n) is 2.23. The van der Waals surface area contributed by atoms with E-state index in [4.69, 9.17) is 0 Å². The lowest BCUT2D eigenvalue weighted by atomic mass is 10.1. The Balaban J connectivity index is 1.78. The van der Waals surface area contributed by atoms with Gasteiger partial charge < -0.3 is 4.90 Å². The average molecular weight is 278 g/mol. The maximum atomic E-state index is 11.9. The Bertz CT molecular complexity index is 450. The molecule has 1 fully saturated rings. The average Bonchev–Trinajstić information content (AvgIpc) is 2.76. The van der Waals surface area contributed by atoms with Gasteiger partial charge in [-0.05, 0) is 30.0 Å². The third-order valence-electron chi connectivity index (χ3n) is 3.24. The van der Waals surface area contributed by atoms with Gasteiger partial charge in [-0.15, -0.1) is 0 Å². The fraction of sp³-hybridized carbons (Fsp3) is 0.500. The first-order valence-corrected chi connectivity index (χ1v) is 7.43. The van der Waals surface area contributed by atoms with Crippen molar-refractivity contribution < 1.29 is 9.59 Å². The number of hydrogen-bond acceptors (Lipinski definition) is 4. The molecular formula is C14H18N2O2S. The molecule has 2 heterocycles. The number of rotatable bonds is 5. The van der Waals surface area contributed by atoms with Crippen molar-refractivity contribution in [1.29, 1.82) is 0 Å². The lowest BCUT2D eigenvalue weighted by Gasteiger charge is -2.16. The smallest absolute Gasteiger partial charge is 0.222 e. The molecule has 1 atom stereocenters. The number of nitrogens with zero attached hydrogens (tertiary/aromatic N) is 2. The summed E-state index contributed by atoms with van der Waals surface area (Å²) in [5.41, 5.74) is 1.20. The van der Waals surface area contributed by atoms with Crippen LogP contribution in [0.15, 0.2) is 24.5 Å². The molecule has 0 bridgehead atoms. The van der Waals surface area contributed by atoms with E-state index in [-0.39, 0.29) is 11.0 Å². The standard InChI is InChI=1S/C14H18N2O2S/c1-11(17)19-10-13-8-14(18)16(9-13)7-4-12-2-5-15-6-3-12/h2-3,5-6,13H,4,7-10H2,1H3. The normalized spacial score (nSPS) is 18.9. The zero-order valence-corrected chi connectivity index (χ0v) is 11.9. The molecule has 1 aromatic heterocycles. The van der Waals surface area contributed by atoms with Crippen LogP contribution in [0.3, 0.4) is 0 Å². The molecular weight excluding hydrogens is 260 g/mol. The van der Waals surface area contributed by atoms with Gasteiger partial charge in [-0.2, -0.15) is 0 Å². The van der Waals surface area contributed by atoms with Crippen molar-refractivity contribution in [2.45, 2.75) is 19.8 Å². The van der Waals surface area contributed by atoms with Crippen molar-refractivity contribution in [3.63, 3.8) is 0 Å². The summed E-state index contributed by atoms with van der Waals surface area (Å²) in [7, 11) is 0. The van der Waals surface area contributed by atoms with Gasteiger partial charge in [0, 0.05) is 44.6 Å². The molecule has 1 saturated heterocycles. The van der Waals surface area contributed by atoms with E-state index in [0.29, 0.717) is 12.3 Å². The Kier molecular flexibility index (Phi) is 4.96. The van der Waals surface area contributed by atoms with Crippen molar-refractivity contribution >= 4 is 22.8 Å². The highest BCUT2D eigenvalue weighted by Crippen LogP contribution is 2.22. The predicted octanol–water partition coefficient (Wildman–Crippen LogP) is 1.75. The van der Waals surface area contributed by atoms with Gasteiger partial charge in [0.05, 0.1) is 0 Å². The van der Waals surface area contributed by atoms with Gasteiger partial charge in [0.15, 0.2) is 5.12 Å². The molecule has 1 amide bonds.